The number of likely N-dealkylation sites (tertiary alicyclic amines) is 1. The zero-order valence-corrected chi connectivity index (χ0v) is 16.5. The molecule has 6 N–H and O–H groups in total. The van der Waals surface area contributed by atoms with Gasteiger partial charge >= 0.3 is 11.9 Å². The number of aliphatic carboxylic acids is 2. The maximum absolute atomic E-state index is 12.8. The van der Waals surface area contributed by atoms with Crippen LogP contribution in [0.5, 0.6) is 0 Å². The largest absolute Gasteiger partial charge is 0.481 e. The SMILES string of the molecule is O=C(O)CCC(NC(=O)C1CCCN1C(=O)C(CO)NC(=O)C1CCCN1)C(=O)O. The van der Waals surface area contributed by atoms with Crippen LogP contribution in [0, 0.1) is 0 Å². The maximum atomic E-state index is 12.8. The predicted octanol–water partition coefficient (Wildman–Crippen LogP) is -2.36. The molecule has 168 valence electrons. The quantitative estimate of drug-likeness (QED) is 0.221. The smallest absolute Gasteiger partial charge is 0.326 e. The van der Waals surface area contributed by atoms with Gasteiger partial charge in [0.2, 0.25) is 17.7 Å². The molecule has 0 aromatic heterocycles. The van der Waals surface area contributed by atoms with Crippen LogP contribution >= 0.6 is 0 Å². The number of carboxylic acids is 2. The average Bonchev–Trinajstić information content (AvgIpc) is 3.39. The Hall–Kier alpha value is -2.73. The predicted molar refractivity (Wildman–Crippen MR) is 101 cm³/mol. The van der Waals surface area contributed by atoms with Crippen LogP contribution in [0.3, 0.4) is 0 Å². The molecule has 2 fully saturated rings. The summed E-state index contributed by atoms with van der Waals surface area (Å²) in [6.07, 6.45) is 1.52. The molecule has 0 spiro atoms. The number of hydrogen-bond donors (Lipinski definition) is 6. The first-order valence-electron chi connectivity index (χ1n) is 9.94. The molecular weight excluding hydrogens is 400 g/mol. The van der Waals surface area contributed by atoms with E-state index in [1.54, 1.807) is 0 Å². The van der Waals surface area contributed by atoms with Crippen LogP contribution in [0.4, 0.5) is 0 Å². The molecule has 0 saturated carbocycles. The van der Waals surface area contributed by atoms with Gasteiger partial charge in [-0.1, -0.05) is 0 Å². The molecule has 0 aromatic rings. The minimum Gasteiger partial charge on any atom is -0.481 e. The summed E-state index contributed by atoms with van der Waals surface area (Å²) in [6.45, 7) is 0.271. The highest BCUT2D eigenvalue weighted by atomic mass is 16.4. The summed E-state index contributed by atoms with van der Waals surface area (Å²) >= 11 is 0. The fraction of sp³-hybridized carbons (Fsp3) is 0.722. The van der Waals surface area contributed by atoms with Crippen molar-refractivity contribution in [2.24, 2.45) is 0 Å². The van der Waals surface area contributed by atoms with Crippen molar-refractivity contribution in [2.75, 3.05) is 19.7 Å². The van der Waals surface area contributed by atoms with Crippen molar-refractivity contribution in [3.63, 3.8) is 0 Å². The van der Waals surface area contributed by atoms with Crippen molar-refractivity contribution in [3.8, 4) is 0 Å². The highest BCUT2D eigenvalue weighted by molar-refractivity contribution is 5.94. The number of nitrogens with one attached hydrogen (secondary N) is 3. The molecule has 2 saturated heterocycles. The van der Waals surface area contributed by atoms with Crippen LogP contribution < -0.4 is 16.0 Å². The lowest BCUT2D eigenvalue weighted by atomic mass is 10.1. The van der Waals surface area contributed by atoms with E-state index in [9.17, 15) is 34.2 Å². The van der Waals surface area contributed by atoms with E-state index in [1.807, 2.05) is 0 Å². The van der Waals surface area contributed by atoms with Crippen LogP contribution in [0.25, 0.3) is 0 Å². The average molecular weight is 428 g/mol. The molecule has 2 aliphatic heterocycles. The van der Waals surface area contributed by atoms with Gasteiger partial charge in [-0.15, -0.1) is 0 Å². The van der Waals surface area contributed by atoms with Gasteiger partial charge in [-0.2, -0.15) is 0 Å². The summed E-state index contributed by atoms with van der Waals surface area (Å²) < 4.78 is 0. The molecule has 0 aromatic carbocycles. The van der Waals surface area contributed by atoms with Gasteiger partial charge in [0.25, 0.3) is 0 Å². The first-order valence-corrected chi connectivity index (χ1v) is 9.94. The lowest BCUT2D eigenvalue weighted by molar-refractivity contribution is -0.145. The first-order chi connectivity index (χ1) is 14.2. The summed E-state index contributed by atoms with van der Waals surface area (Å²) in [5.41, 5.74) is 0. The van der Waals surface area contributed by atoms with Gasteiger partial charge in [-0.05, 0) is 38.6 Å². The number of rotatable bonds is 10. The van der Waals surface area contributed by atoms with E-state index in [1.165, 1.54) is 4.90 Å². The van der Waals surface area contributed by atoms with Gasteiger partial charge in [-0.3, -0.25) is 19.2 Å². The lowest BCUT2D eigenvalue weighted by Crippen LogP contribution is -2.57. The Morgan fingerprint density at radius 1 is 1.00 bits per heavy atom. The number of aliphatic hydroxyl groups excluding tert-OH is 1. The molecule has 2 aliphatic rings. The third kappa shape index (κ3) is 6.13. The Labute approximate surface area is 173 Å². The van der Waals surface area contributed by atoms with E-state index in [-0.39, 0.29) is 13.0 Å². The van der Waals surface area contributed by atoms with E-state index in [0.29, 0.717) is 25.8 Å². The highest BCUT2D eigenvalue weighted by Gasteiger charge is 2.39. The zero-order chi connectivity index (χ0) is 22.3. The minimum atomic E-state index is -1.40. The third-order valence-electron chi connectivity index (χ3n) is 5.27. The molecule has 2 heterocycles. The molecular formula is C18H28N4O8. The topological polar surface area (TPSA) is 185 Å². The van der Waals surface area contributed by atoms with Gasteiger partial charge in [0.15, 0.2) is 0 Å². The summed E-state index contributed by atoms with van der Waals surface area (Å²) in [6, 6.07) is -4.00. The van der Waals surface area contributed by atoms with Crippen molar-refractivity contribution in [3.05, 3.63) is 0 Å². The molecule has 4 unspecified atom stereocenters. The Morgan fingerprint density at radius 3 is 2.27 bits per heavy atom. The monoisotopic (exact) mass is 428 g/mol. The van der Waals surface area contributed by atoms with Gasteiger partial charge in [0.05, 0.1) is 12.6 Å². The number of hydrogen-bond acceptors (Lipinski definition) is 7. The van der Waals surface area contributed by atoms with Gasteiger partial charge in [0, 0.05) is 13.0 Å². The van der Waals surface area contributed by atoms with Crippen molar-refractivity contribution in [1.82, 2.24) is 20.9 Å². The number of nitrogens with zero attached hydrogens (tertiary/aromatic N) is 1. The summed E-state index contributed by atoms with van der Waals surface area (Å²) in [5, 5.41) is 35.3. The molecule has 12 nitrogen and oxygen atoms in total. The highest BCUT2D eigenvalue weighted by Crippen LogP contribution is 2.19. The standard InChI is InChI=1S/C18H28N4O8/c23-9-12(21-15(26)10-3-1-7-19-10)17(28)22-8-2-4-13(22)16(27)20-11(18(29)30)5-6-14(24)25/h10-13,19,23H,1-9H2,(H,20,27)(H,21,26)(H,24,25)(H,29,30). The first kappa shape index (κ1) is 23.5. The summed E-state index contributed by atoms with van der Waals surface area (Å²) in [5.74, 6) is -4.30. The second-order valence-electron chi connectivity index (χ2n) is 7.41. The number of carbonyl (C=O) groups is 5. The Kier molecular flexibility index (Phi) is 8.54. The minimum absolute atomic E-state index is 0.220. The summed E-state index contributed by atoms with van der Waals surface area (Å²) in [7, 11) is 0. The molecule has 3 amide bonds. The number of aliphatic hydroxyl groups is 1. The van der Waals surface area contributed by atoms with Crippen LogP contribution in [0.15, 0.2) is 0 Å². The van der Waals surface area contributed by atoms with E-state index >= 15 is 0 Å². The van der Waals surface area contributed by atoms with Crippen LogP contribution in [0.2, 0.25) is 0 Å². The third-order valence-corrected chi connectivity index (χ3v) is 5.27. The van der Waals surface area contributed by atoms with Crippen molar-refractivity contribution in [1.29, 1.82) is 0 Å². The van der Waals surface area contributed by atoms with Crippen LogP contribution in [-0.2, 0) is 24.0 Å². The van der Waals surface area contributed by atoms with Gasteiger partial charge in [0.1, 0.15) is 18.1 Å². The fourth-order valence-electron chi connectivity index (χ4n) is 3.66. The Morgan fingerprint density at radius 2 is 1.70 bits per heavy atom. The second kappa shape index (κ2) is 10.9. The molecule has 2 rings (SSSR count). The van der Waals surface area contributed by atoms with E-state index in [2.05, 4.69) is 16.0 Å². The van der Waals surface area contributed by atoms with Crippen molar-refractivity contribution in [2.45, 2.75) is 62.7 Å². The normalized spacial score (nSPS) is 22.9. The van der Waals surface area contributed by atoms with Gasteiger partial charge in [-0.25, -0.2) is 4.79 Å². The zero-order valence-electron chi connectivity index (χ0n) is 16.5. The molecule has 12 heteroatoms. The Bertz CT molecular complexity index is 679. The summed E-state index contributed by atoms with van der Waals surface area (Å²) in [4.78, 5) is 60.9. The van der Waals surface area contributed by atoms with Crippen LogP contribution in [0.1, 0.15) is 38.5 Å². The molecule has 0 aliphatic carbocycles. The molecule has 0 bridgehead atoms. The molecule has 30 heavy (non-hydrogen) atoms. The van der Waals surface area contributed by atoms with Gasteiger partial charge < -0.3 is 36.2 Å². The lowest BCUT2D eigenvalue weighted by Gasteiger charge is -2.29. The maximum Gasteiger partial charge on any atom is 0.326 e. The second-order valence-corrected chi connectivity index (χ2v) is 7.41. The number of carbonyl (C=O) groups excluding carboxylic acids is 3. The Balaban J connectivity index is 2.00. The number of amides is 3. The van der Waals surface area contributed by atoms with E-state index in [4.69, 9.17) is 5.11 Å². The van der Waals surface area contributed by atoms with E-state index in [0.717, 1.165) is 6.42 Å². The molecule has 0 radical (unpaired) electrons. The number of carboxylic acid groups (broad SMARTS) is 2. The van der Waals surface area contributed by atoms with Crippen molar-refractivity contribution >= 4 is 29.7 Å². The van der Waals surface area contributed by atoms with Crippen LogP contribution in [-0.4, -0.2) is 93.7 Å². The van der Waals surface area contributed by atoms with Crippen molar-refractivity contribution < 1.29 is 39.3 Å². The molecule has 4 atom stereocenters. The van der Waals surface area contributed by atoms with E-state index < -0.39 is 66.9 Å². The fourth-order valence-corrected chi connectivity index (χ4v) is 3.66.